The fraction of sp³-hybridized carbons (Fsp3) is 0.562. The Balaban J connectivity index is 2.06. The van der Waals surface area contributed by atoms with Gasteiger partial charge in [0.2, 0.25) is 0 Å². The van der Waals surface area contributed by atoms with E-state index >= 15 is 0 Å². The Morgan fingerprint density at radius 1 is 1.35 bits per heavy atom. The summed E-state index contributed by atoms with van der Waals surface area (Å²) in [5.41, 5.74) is 6.00. The Labute approximate surface area is 120 Å². The molecule has 1 fully saturated rings. The predicted molar refractivity (Wildman–Crippen MR) is 79.7 cm³/mol. The Kier molecular flexibility index (Phi) is 4.78. The van der Waals surface area contributed by atoms with Gasteiger partial charge in [0.05, 0.1) is 5.41 Å². The first-order valence-corrected chi connectivity index (χ1v) is 7.31. The lowest BCUT2D eigenvalue weighted by molar-refractivity contribution is -0.146. The average molecular weight is 276 g/mol. The molecule has 1 aliphatic rings. The summed E-state index contributed by atoms with van der Waals surface area (Å²) < 4.78 is 0. The maximum atomic E-state index is 11.8. The molecule has 1 aromatic rings. The molecule has 2 rings (SSSR count). The van der Waals surface area contributed by atoms with Gasteiger partial charge in [0.15, 0.2) is 0 Å². The lowest BCUT2D eigenvalue weighted by Gasteiger charge is -2.39. The minimum atomic E-state index is -0.716. The van der Waals surface area contributed by atoms with Crippen molar-refractivity contribution in [2.24, 2.45) is 5.73 Å². The molecule has 1 aliphatic heterocycles. The molecule has 1 heterocycles. The predicted octanol–water partition coefficient (Wildman–Crippen LogP) is 1.84. The van der Waals surface area contributed by atoms with Crippen molar-refractivity contribution in [3.05, 3.63) is 35.9 Å². The molecule has 0 saturated carbocycles. The molecule has 1 unspecified atom stereocenters. The van der Waals surface area contributed by atoms with Crippen molar-refractivity contribution >= 4 is 5.97 Å². The number of carboxylic acids is 1. The summed E-state index contributed by atoms with van der Waals surface area (Å²) in [4.78, 5) is 14.1. The Hall–Kier alpha value is -1.39. The molecule has 3 N–H and O–H groups in total. The van der Waals surface area contributed by atoms with Gasteiger partial charge in [-0.3, -0.25) is 4.79 Å². The van der Waals surface area contributed by atoms with Crippen LogP contribution in [-0.2, 0) is 10.2 Å². The largest absolute Gasteiger partial charge is 0.481 e. The van der Waals surface area contributed by atoms with Gasteiger partial charge in [-0.2, -0.15) is 0 Å². The normalized spacial score (nSPS) is 20.5. The van der Waals surface area contributed by atoms with E-state index in [9.17, 15) is 9.90 Å². The van der Waals surface area contributed by atoms with Gasteiger partial charge in [0, 0.05) is 6.04 Å². The number of rotatable bonds is 5. The van der Waals surface area contributed by atoms with Crippen LogP contribution in [0.15, 0.2) is 30.3 Å². The third-order valence-electron chi connectivity index (χ3n) is 4.35. The first kappa shape index (κ1) is 15.0. The van der Waals surface area contributed by atoms with E-state index in [2.05, 4.69) is 4.90 Å². The zero-order valence-electron chi connectivity index (χ0n) is 12.1. The number of aliphatic carboxylic acids is 1. The summed E-state index contributed by atoms with van der Waals surface area (Å²) in [6.45, 7) is 4.62. The molecule has 1 aromatic carbocycles. The molecule has 0 aromatic heterocycles. The molecule has 110 valence electrons. The van der Waals surface area contributed by atoms with Gasteiger partial charge in [-0.25, -0.2) is 0 Å². The van der Waals surface area contributed by atoms with Gasteiger partial charge in [-0.15, -0.1) is 0 Å². The lowest BCUT2D eigenvalue weighted by atomic mass is 9.73. The first-order valence-electron chi connectivity index (χ1n) is 7.31. The monoisotopic (exact) mass is 276 g/mol. The van der Waals surface area contributed by atoms with Gasteiger partial charge in [0.1, 0.15) is 0 Å². The minimum absolute atomic E-state index is 0.204. The highest BCUT2D eigenvalue weighted by Gasteiger charge is 2.42. The second kappa shape index (κ2) is 6.37. The maximum absolute atomic E-state index is 11.8. The van der Waals surface area contributed by atoms with Crippen molar-refractivity contribution < 1.29 is 9.90 Å². The number of carboxylic acid groups (broad SMARTS) is 1. The molecule has 4 nitrogen and oxygen atoms in total. The number of nitrogens with zero attached hydrogens (tertiary/aromatic N) is 1. The van der Waals surface area contributed by atoms with Crippen LogP contribution in [0.5, 0.6) is 0 Å². The zero-order valence-corrected chi connectivity index (χ0v) is 12.1. The third kappa shape index (κ3) is 3.19. The van der Waals surface area contributed by atoms with Crippen LogP contribution >= 0.6 is 0 Å². The van der Waals surface area contributed by atoms with Gasteiger partial charge in [-0.05, 0) is 51.4 Å². The van der Waals surface area contributed by atoms with Crippen molar-refractivity contribution in [3.63, 3.8) is 0 Å². The average Bonchev–Trinajstić information content (AvgIpc) is 2.46. The SMILES string of the molecule is CC(N)CCN1CCC(C(=O)O)(c2ccccc2)CC1. The summed E-state index contributed by atoms with van der Waals surface area (Å²) in [6.07, 6.45) is 2.31. The lowest BCUT2D eigenvalue weighted by Crippen LogP contribution is -2.47. The number of benzene rings is 1. The number of nitrogens with two attached hydrogens (primary N) is 1. The van der Waals surface area contributed by atoms with Gasteiger partial charge in [0.25, 0.3) is 0 Å². The van der Waals surface area contributed by atoms with E-state index in [-0.39, 0.29) is 6.04 Å². The van der Waals surface area contributed by atoms with Crippen molar-refractivity contribution in [1.29, 1.82) is 0 Å². The minimum Gasteiger partial charge on any atom is -0.481 e. The molecule has 0 amide bonds. The Morgan fingerprint density at radius 2 is 1.95 bits per heavy atom. The number of hydrogen-bond acceptors (Lipinski definition) is 3. The molecule has 0 aliphatic carbocycles. The second-order valence-electron chi connectivity index (χ2n) is 5.86. The number of likely N-dealkylation sites (tertiary alicyclic amines) is 1. The number of hydrogen-bond donors (Lipinski definition) is 2. The highest BCUT2D eigenvalue weighted by molar-refractivity contribution is 5.81. The second-order valence-corrected chi connectivity index (χ2v) is 5.86. The van der Waals surface area contributed by atoms with Crippen LogP contribution in [-0.4, -0.2) is 41.7 Å². The summed E-state index contributed by atoms with van der Waals surface area (Å²) in [5, 5.41) is 9.71. The van der Waals surface area contributed by atoms with Crippen LogP contribution in [0, 0.1) is 0 Å². The highest BCUT2D eigenvalue weighted by atomic mass is 16.4. The first-order chi connectivity index (χ1) is 9.54. The van der Waals surface area contributed by atoms with Crippen LogP contribution < -0.4 is 5.73 Å². The van der Waals surface area contributed by atoms with Gasteiger partial charge in [-0.1, -0.05) is 30.3 Å². The third-order valence-corrected chi connectivity index (χ3v) is 4.35. The number of carbonyl (C=O) groups is 1. The molecule has 0 spiro atoms. The molecule has 1 saturated heterocycles. The quantitative estimate of drug-likeness (QED) is 0.861. The van der Waals surface area contributed by atoms with Crippen LogP contribution in [0.3, 0.4) is 0 Å². The van der Waals surface area contributed by atoms with E-state index in [0.29, 0.717) is 12.8 Å². The topological polar surface area (TPSA) is 66.6 Å². The van der Waals surface area contributed by atoms with E-state index in [1.54, 1.807) is 0 Å². The molecule has 1 atom stereocenters. The van der Waals surface area contributed by atoms with Crippen LogP contribution in [0.4, 0.5) is 0 Å². The van der Waals surface area contributed by atoms with Crippen LogP contribution in [0.25, 0.3) is 0 Å². The van der Waals surface area contributed by atoms with Crippen molar-refractivity contribution in [2.45, 2.75) is 37.6 Å². The van der Waals surface area contributed by atoms with E-state index < -0.39 is 11.4 Å². The van der Waals surface area contributed by atoms with Crippen LogP contribution in [0.1, 0.15) is 31.7 Å². The summed E-state index contributed by atoms with van der Waals surface area (Å²) >= 11 is 0. The molecule has 0 radical (unpaired) electrons. The summed E-state index contributed by atoms with van der Waals surface area (Å²) in [6, 6.07) is 9.84. The fourth-order valence-electron chi connectivity index (χ4n) is 2.93. The Bertz CT molecular complexity index is 437. The molecule has 0 bridgehead atoms. The molecular weight excluding hydrogens is 252 g/mol. The van der Waals surface area contributed by atoms with Crippen LogP contribution in [0.2, 0.25) is 0 Å². The molecule has 4 heteroatoms. The van der Waals surface area contributed by atoms with E-state index in [0.717, 1.165) is 31.6 Å². The highest BCUT2D eigenvalue weighted by Crippen LogP contribution is 2.35. The van der Waals surface area contributed by atoms with Gasteiger partial charge < -0.3 is 15.7 Å². The van der Waals surface area contributed by atoms with Gasteiger partial charge >= 0.3 is 5.97 Å². The Morgan fingerprint density at radius 3 is 2.45 bits per heavy atom. The van der Waals surface area contributed by atoms with Crippen molar-refractivity contribution in [3.8, 4) is 0 Å². The molecule has 20 heavy (non-hydrogen) atoms. The van der Waals surface area contributed by atoms with E-state index in [1.165, 1.54) is 0 Å². The van der Waals surface area contributed by atoms with Crippen molar-refractivity contribution in [1.82, 2.24) is 4.90 Å². The van der Waals surface area contributed by atoms with Crippen molar-refractivity contribution in [2.75, 3.05) is 19.6 Å². The van der Waals surface area contributed by atoms with E-state index in [1.807, 2.05) is 37.3 Å². The molecular formula is C16H24N2O2. The fourth-order valence-corrected chi connectivity index (χ4v) is 2.93. The maximum Gasteiger partial charge on any atom is 0.314 e. The summed E-state index contributed by atoms with van der Waals surface area (Å²) in [5.74, 6) is -0.699. The number of piperidine rings is 1. The smallest absolute Gasteiger partial charge is 0.314 e. The zero-order chi connectivity index (χ0) is 14.6. The summed E-state index contributed by atoms with van der Waals surface area (Å²) in [7, 11) is 0. The van der Waals surface area contributed by atoms with E-state index in [4.69, 9.17) is 5.73 Å². The standard InChI is InChI=1S/C16H24N2O2/c1-13(17)7-10-18-11-8-16(9-12-18,15(19)20)14-5-3-2-4-6-14/h2-6,13H,7-12,17H2,1H3,(H,19,20).